The molecule has 0 aliphatic heterocycles. The van der Waals surface area contributed by atoms with Crippen LogP contribution in [0.4, 0.5) is 30.7 Å². The first-order chi connectivity index (χ1) is 12.1. The Hall–Kier alpha value is -0.390. The molecule has 0 fully saturated rings. The van der Waals surface area contributed by atoms with Gasteiger partial charge in [0.25, 0.3) is 0 Å². The van der Waals surface area contributed by atoms with Crippen LogP contribution in [0.3, 0.4) is 0 Å². The highest BCUT2D eigenvalue weighted by Gasteiger charge is 2.76. The van der Waals surface area contributed by atoms with Crippen molar-refractivity contribution in [3.05, 3.63) is 56.4 Å². The van der Waals surface area contributed by atoms with Crippen LogP contribution in [0.5, 0.6) is 0 Å². The average Bonchev–Trinajstić information content (AvgIpc) is 2.52. The number of rotatable bonds is 4. The summed E-state index contributed by atoms with van der Waals surface area (Å²) in [6, 6.07) is 6.12. The first kappa shape index (κ1) is 22.9. The van der Waals surface area contributed by atoms with E-state index in [4.69, 9.17) is 11.6 Å². The summed E-state index contributed by atoms with van der Waals surface area (Å²) in [5, 5.41) is -5.70. The maximum atomic E-state index is 13.8. The third kappa shape index (κ3) is 4.16. The lowest BCUT2D eigenvalue weighted by molar-refractivity contribution is -0.331. The van der Waals surface area contributed by atoms with Crippen LogP contribution in [0.1, 0.15) is 12.0 Å². The second-order valence-corrected chi connectivity index (χ2v) is 9.88. The zero-order valence-electron chi connectivity index (χ0n) is 12.8. The van der Waals surface area contributed by atoms with Crippen molar-refractivity contribution in [3.63, 3.8) is 0 Å². The summed E-state index contributed by atoms with van der Waals surface area (Å²) in [4.78, 5) is -0.904. The largest absolute Gasteiger partial charge is 0.461 e. The third-order valence-electron chi connectivity index (χ3n) is 3.59. The van der Waals surface area contributed by atoms with E-state index in [9.17, 15) is 34.9 Å². The van der Waals surface area contributed by atoms with Gasteiger partial charge in [-0.1, -0.05) is 61.7 Å². The predicted octanol–water partition coefficient (Wildman–Crippen LogP) is 7.04. The van der Waals surface area contributed by atoms with Crippen molar-refractivity contribution in [3.8, 4) is 0 Å². The van der Waals surface area contributed by atoms with E-state index in [-0.39, 0.29) is 15.9 Å². The third-order valence-corrected chi connectivity index (χ3v) is 6.75. The molecule has 2 rings (SSSR count). The Kier molecular flexibility index (Phi) is 6.32. The normalized spacial score (nSPS) is 22.9. The average molecular weight is 565 g/mol. The molecule has 2 atom stereocenters. The Morgan fingerprint density at radius 2 is 1.63 bits per heavy atom. The van der Waals surface area contributed by atoms with Gasteiger partial charge in [0.1, 0.15) is 10.8 Å². The summed E-state index contributed by atoms with van der Waals surface area (Å²) in [6.45, 7) is 0. The first-order valence-electron chi connectivity index (χ1n) is 6.90. The molecule has 0 spiro atoms. The van der Waals surface area contributed by atoms with Crippen molar-refractivity contribution in [1.29, 1.82) is 0 Å². The first-order valence-corrected chi connectivity index (χ1v) is 10.0. The Morgan fingerprint density at radius 3 is 2.15 bits per heavy atom. The summed E-state index contributed by atoms with van der Waals surface area (Å²) in [5.41, 5.74) is 0.331. The smallest absolute Gasteiger partial charge is 0.248 e. The Bertz CT molecular complexity index is 838. The molecule has 27 heavy (non-hydrogen) atoms. The molecule has 2 unspecified atom stereocenters. The highest BCUT2D eigenvalue weighted by molar-refractivity contribution is 9.12. The monoisotopic (exact) mass is 562 g/mol. The highest BCUT2D eigenvalue weighted by atomic mass is 79.9. The minimum Gasteiger partial charge on any atom is -0.248 e. The lowest BCUT2D eigenvalue weighted by Gasteiger charge is -2.32. The van der Waals surface area contributed by atoms with Crippen molar-refractivity contribution in [2.45, 2.75) is 28.1 Å². The van der Waals surface area contributed by atoms with Crippen molar-refractivity contribution in [1.82, 2.24) is 0 Å². The lowest BCUT2D eigenvalue weighted by atomic mass is 9.92. The quantitative estimate of drug-likeness (QED) is 0.283. The lowest BCUT2D eigenvalue weighted by Crippen LogP contribution is -2.54. The summed E-state index contributed by atoms with van der Waals surface area (Å²) in [7, 11) is -4.00. The van der Waals surface area contributed by atoms with Gasteiger partial charge < -0.3 is 0 Å². The topological polar surface area (TPSA) is 17.1 Å². The standard InChI is InChI=1S/C15H8Br2ClF7OS/c16-8-5-9(27(26)15(24,25)13(19,20)14(21,22)23)7-12(17,6-8)10-3-1-2-4-11(10)18/h1-5,7H,6H2. The minimum atomic E-state index is -6.57. The molecular weight excluding hydrogens is 556 g/mol. The van der Waals surface area contributed by atoms with Gasteiger partial charge in [0.15, 0.2) is 0 Å². The van der Waals surface area contributed by atoms with Gasteiger partial charge in [-0.15, -0.1) is 0 Å². The SMILES string of the molecule is O=S(C1=CC(Br)(c2ccccc2Cl)CC(Br)=C1)C(F)(F)C(F)(F)C(F)(F)F. The van der Waals surface area contributed by atoms with Crippen LogP contribution in [-0.2, 0) is 15.1 Å². The van der Waals surface area contributed by atoms with Gasteiger partial charge in [0, 0.05) is 16.3 Å². The van der Waals surface area contributed by atoms with Gasteiger partial charge in [0.05, 0.1) is 4.32 Å². The maximum absolute atomic E-state index is 13.8. The molecule has 0 N–H and O–H groups in total. The summed E-state index contributed by atoms with van der Waals surface area (Å²) in [5.74, 6) is -6.48. The number of alkyl halides is 8. The number of benzene rings is 1. The molecule has 0 heterocycles. The molecule has 1 aliphatic rings. The van der Waals surface area contributed by atoms with Crippen LogP contribution in [0.2, 0.25) is 5.02 Å². The number of hydrogen-bond acceptors (Lipinski definition) is 1. The predicted molar refractivity (Wildman–Crippen MR) is 95.9 cm³/mol. The molecule has 0 amide bonds. The molecule has 0 radical (unpaired) electrons. The van der Waals surface area contributed by atoms with Crippen molar-refractivity contribution >= 4 is 54.3 Å². The summed E-state index contributed by atoms with van der Waals surface area (Å²) in [6.07, 6.45) is -4.78. The fraction of sp³-hybridized carbons (Fsp3) is 0.333. The van der Waals surface area contributed by atoms with Crippen molar-refractivity contribution in [2.75, 3.05) is 0 Å². The Balaban J connectivity index is 2.55. The van der Waals surface area contributed by atoms with Crippen LogP contribution in [0.25, 0.3) is 0 Å². The Morgan fingerprint density at radius 1 is 1.07 bits per heavy atom. The molecule has 1 aliphatic carbocycles. The van der Waals surface area contributed by atoms with E-state index in [0.717, 1.165) is 12.2 Å². The van der Waals surface area contributed by atoms with Crippen LogP contribution in [-0.4, -0.2) is 21.6 Å². The van der Waals surface area contributed by atoms with Gasteiger partial charge >= 0.3 is 17.4 Å². The summed E-state index contributed by atoms with van der Waals surface area (Å²) >= 11 is 12.3. The van der Waals surface area contributed by atoms with Crippen molar-refractivity contribution in [2.24, 2.45) is 0 Å². The van der Waals surface area contributed by atoms with Crippen LogP contribution in [0, 0.1) is 0 Å². The van der Waals surface area contributed by atoms with Crippen LogP contribution in [0.15, 0.2) is 45.8 Å². The van der Waals surface area contributed by atoms with Crippen LogP contribution < -0.4 is 0 Å². The molecule has 150 valence electrons. The van der Waals surface area contributed by atoms with Gasteiger partial charge in [-0.3, -0.25) is 0 Å². The number of halogens is 10. The fourth-order valence-corrected chi connectivity index (χ4v) is 6.16. The molecule has 0 saturated heterocycles. The second kappa shape index (κ2) is 7.46. The molecular formula is C15H8Br2ClF7OS. The summed E-state index contributed by atoms with van der Waals surface area (Å²) < 4.78 is 102. The van der Waals surface area contributed by atoms with E-state index >= 15 is 0 Å². The fourth-order valence-electron chi connectivity index (χ4n) is 2.28. The van der Waals surface area contributed by atoms with E-state index in [1.54, 1.807) is 12.1 Å². The molecule has 1 nitrogen and oxygen atoms in total. The molecule has 0 aromatic heterocycles. The zero-order chi connectivity index (χ0) is 20.8. The number of allylic oxidation sites excluding steroid dienone is 3. The molecule has 0 bridgehead atoms. The van der Waals surface area contributed by atoms with E-state index in [2.05, 4.69) is 31.9 Å². The van der Waals surface area contributed by atoms with E-state index in [1.807, 2.05) is 0 Å². The van der Waals surface area contributed by atoms with Gasteiger partial charge in [-0.25, -0.2) is 4.21 Å². The van der Waals surface area contributed by atoms with E-state index in [1.165, 1.54) is 12.1 Å². The van der Waals surface area contributed by atoms with Gasteiger partial charge in [0.2, 0.25) is 0 Å². The van der Waals surface area contributed by atoms with Gasteiger partial charge in [-0.2, -0.15) is 30.7 Å². The molecule has 0 saturated carbocycles. The van der Waals surface area contributed by atoms with Crippen LogP contribution >= 0.6 is 43.5 Å². The van der Waals surface area contributed by atoms with E-state index < -0.39 is 37.4 Å². The van der Waals surface area contributed by atoms with Gasteiger partial charge in [-0.05, 0) is 28.3 Å². The van der Waals surface area contributed by atoms with E-state index in [0.29, 0.717) is 5.56 Å². The molecule has 1 aromatic carbocycles. The highest BCUT2D eigenvalue weighted by Crippen LogP contribution is 2.52. The maximum Gasteiger partial charge on any atom is 0.461 e. The zero-order valence-corrected chi connectivity index (χ0v) is 17.5. The second-order valence-electron chi connectivity index (χ2n) is 5.51. The molecule has 12 heteroatoms. The molecule has 1 aromatic rings. The Labute approximate surface area is 173 Å². The minimum absolute atomic E-state index is 0.0681. The number of hydrogen-bond donors (Lipinski definition) is 0. The van der Waals surface area contributed by atoms with Crippen molar-refractivity contribution < 1.29 is 34.9 Å².